The van der Waals surface area contributed by atoms with Crippen LogP contribution in [0.2, 0.25) is 0 Å². The molecule has 2 heterocycles. The number of esters is 2. The molecule has 3 aromatic carbocycles. The number of benzene rings is 3. The van der Waals surface area contributed by atoms with Crippen molar-refractivity contribution in [3.63, 3.8) is 0 Å². The minimum atomic E-state index is -0.310. The number of nitrogens with zero attached hydrogens (tertiary/aromatic N) is 2. The Kier molecular flexibility index (Phi) is 12.0. The summed E-state index contributed by atoms with van der Waals surface area (Å²) in [5.74, 6) is -0.620. The maximum Gasteiger partial charge on any atom is 0.338 e. The first-order chi connectivity index (χ1) is 23.9. The molecule has 1 aliphatic heterocycles. The van der Waals surface area contributed by atoms with Gasteiger partial charge < -0.3 is 31.4 Å². The van der Waals surface area contributed by atoms with Gasteiger partial charge in [-0.2, -0.15) is 4.57 Å². The number of allylic oxidation sites excluding steroid dienone is 8. The number of hydrogen-bond acceptors (Lipinski definition) is 5. The summed E-state index contributed by atoms with van der Waals surface area (Å²) >= 11 is 0. The highest BCUT2D eigenvalue weighted by Crippen LogP contribution is 2.41. The van der Waals surface area contributed by atoms with Crippen molar-refractivity contribution in [1.29, 1.82) is 0 Å². The minimum absolute atomic E-state index is 0. The van der Waals surface area contributed by atoms with Crippen LogP contribution in [-0.2, 0) is 16.0 Å². The Morgan fingerprint density at radius 3 is 2.24 bits per heavy atom. The second-order valence-electron chi connectivity index (χ2n) is 12.0. The summed E-state index contributed by atoms with van der Waals surface area (Å²) in [6.45, 7) is 10.2. The monoisotopic (exact) mass is 730 g/mol. The summed E-state index contributed by atoms with van der Waals surface area (Å²) in [7, 11) is 0. The van der Waals surface area contributed by atoms with Crippen molar-refractivity contribution in [3.8, 4) is 0 Å². The number of rotatable bonds is 10. The van der Waals surface area contributed by atoms with Crippen LogP contribution < -0.4 is 26.4 Å². The fourth-order valence-electron chi connectivity index (χ4n) is 6.66. The van der Waals surface area contributed by atoms with Crippen molar-refractivity contribution in [2.45, 2.75) is 47.1 Å². The molecule has 0 saturated heterocycles. The third kappa shape index (κ3) is 7.58. The smallest absolute Gasteiger partial charge is 0.338 e. The average molecular weight is 732 g/mol. The van der Waals surface area contributed by atoms with E-state index in [4.69, 9.17) is 9.47 Å². The molecule has 0 spiro atoms. The second-order valence-corrected chi connectivity index (χ2v) is 12.0. The van der Waals surface area contributed by atoms with Gasteiger partial charge in [0.25, 0.3) is 0 Å². The zero-order valence-corrected chi connectivity index (χ0v) is 30.7. The number of aromatic nitrogens is 1. The Balaban J connectivity index is 0.00000486. The van der Waals surface area contributed by atoms with Crippen LogP contribution in [0.15, 0.2) is 121 Å². The zero-order chi connectivity index (χ0) is 34.3. The number of hydrogen-bond donors (Lipinski definition) is 0. The zero-order valence-electron chi connectivity index (χ0n) is 29.1. The summed E-state index contributed by atoms with van der Waals surface area (Å²) in [6.07, 6.45) is 17.0. The fourth-order valence-corrected chi connectivity index (χ4v) is 6.66. The lowest BCUT2D eigenvalue weighted by Gasteiger charge is -2.27. The summed E-state index contributed by atoms with van der Waals surface area (Å²) in [6, 6.07) is 24.3. The van der Waals surface area contributed by atoms with Gasteiger partial charge in [0.2, 0.25) is 5.52 Å². The Morgan fingerprint density at radius 1 is 0.820 bits per heavy atom. The van der Waals surface area contributed by atoms with Crippen molar-refractivity contribution >= 4 is 45.8 Å². The van der Waals surface area contributed by atoms with E-state index in [9.17, 15) is 9.59 Å². The maximum absolute atomic E-state index is 12.6. The summed E-state index contributed by atoms with van der Waals surface area (Å²) < 4.78 is 12.8. The van der Waals surface area contributed by atoms with Crippen LogP contribution in [-0.4, -0.2) is 31.7 Å². The van der Waals surface area contributed by atoms with E-state index in [0.29, 0.717) is 24.3 Å². The van der Waals surface area contributed by atoms with E-state index in [1.807, 2.05) is 56.3 Å². The molecule has 0 saturated carbocycles. The van der Waals surface area contributed by atoms with Gasteiger partial charge in [-0.3, -0.25) is 0 Å². The molecule has 0 unspecified atom stereocenters. The molecule has 50 heavy (non-hydrogen) atoms. The quantitative estimate of drug-likeness (QED) is 0.145. The second kappa shape index (κ2) is 16.6. The molecule has 2 aliphatic rings. The van der Waals surface area contributed by atoms with Gasteiger partial charge in [-0.1, -0.05) is 54.6 Å². The summed E-state index contributed by atoms with van der Waals surface area (Å²) in [5.41, 5.74) is 11.3. The maximum atomic E-state index is 12.6. The van der Waals surface area contributed by atoms with E-state index in [-0.39, 0.29) is 28.9 Å². The molecule has 4 aromatic rings. The highest BCUT2D eigenvalue weighted by atomic mass is 79.9. The molecule has 0 radical (unpaired) electrons. The topological polar surface area (TPSA) is 59.7 Å². The van der Waals surface area contributed by atoms with Crippen molar-refractivity contribution in [1.82, 2.24) is 0 Å². The summed E-state index contributed by atoms with van der Waals surface area (Å²) in [5, 5.41) is 1.01. The van der Waals surface area contributed by atoms with Gasteiger partial charge in [0.05, 0.1) is 29.7 Å². The predicted octanol–water partition coefficient (Wildman–Crippen LogP) is 6.13. The normalized spacial score (nSPS) is 15.6. The number of ether oxygens (including phenoxy) is 2. The molecule has 256 valence electrons. The molecule has 6 nitrogen and oxygen atoms in total. The lowest BCUT2D eigenvalue weighted by atomic mass is 9.94. The number of anilines is 1. The Bertz CT molecular complexity index is 2060. The van der Waals surface area contributed by atoms with E-state index in [1.54, 1.807) is 0 Å². The van der Waals surface area contributed by atoms with Gasteiger partial charge in [-0.05, 0) is 110 Å². The van der Waals surface area contributed by atoms with E-state index >= 15 is 0 Å². The SMILES string of the molecule is CCOC(=O)c1ccc2c(c1)/C(=C/C=C1\CCC(/C=C/c3cc[n+](CC)c4ccc(C(=O)OCC)cc34)=C1c1ccccc1)C=CN2CC.[Br-]. The van der Waals surface area contributed by atoms with Gasteiger partial charge in [0.15, 0.2) is 6.20 Å². The van der Waals surface area contributed by atoms with Gasteiger partial charge in [-0.25, -0.2) is 9.59 Å². The van der Waals surface area contributed by atoms with Crippen LogP contribution in [0.25, 0.3) is 28.1 Å². The number of carbonyl (C=O) groups excluding carboxylic acids is 2. The van der Waals surface area contributed by atoms with Crippen LogP contribution in [0.1, 0.15) is 77.9 Å². The standard InChI is InChI=1S/C43H43N2O4.BrH/c1-5-44-26-24-30(37-28-35(20-22-39(37)44)42(46)48-7-3)14-16-33-18-19-34(41(33)32-12-10-9-11-13-32)17-15-31-25-27-45(6-2)40-23-21-36(29-38(31)40)43(47)49-8-4;/h9-17,20-29H,5-8,18-19H2,1-4H3;1H/q+1;/p-1. The minimum Gasteiger partial charge on any atom is -1.00 e. The van der Waals surface area contributed by atoms with Gasteiger partial charge in [0.1, 0.15) is 6.54 Å². The first-order valence-electron chi connectivity index (χ1n) is 17.2. The van der Waals surface area contributed by atoms with Gasteiger partial charge in [0, 0.05) is 36.1 Å². The molecule has 0 fully saturated rings. The molecule has 1 aromatic heterocycles. The van der Waals surface area contributed by atoms with Crippen molar-refractivity contribution in [2.24, 2.45) is 0 Å². The Labute approximate surface area is 305 Å². The number of pyridine rings is 1. The first kappa shape index (κ1) is 36.3. The predicted molar refractivity (Wildman–Crippen MR) is 198 cm³/mol. The molecule has 1 aliphatic carbocycles. The third-order valence-corrected chi connectivity index (χ3v) is 9.10. The average Bonchev–Trinajstić information content (AvgIpc) is 3.55. The van der Waals surface area contributed by atoms with Crippen molar-refractivity contribution in [3.05, 3.63) is 148 Å². The van der Waals surface area contributed by atoms with E-state index in [2.05, 4.69) is 96.4 Å². The van der Waals surface area contributed by atoms with Gasteiger partial charge in [-0.15, -0.1) is 0 Å². The highest BCUT2D eigenvalue weighted by Gasteiger charge is 2.22. The fraction of sp³-hybridized carbons (Fsp3) is 0.233. The van der Waals surface area contributed by atoms with Crippen LogP contribution in [0, 0.1) is 0 Å². The number of fused-ring (bicyclic) bond motifs is 2. The number of halogens is 1. The molecule has 0 atom stereocenters. The first-order valence-corrected chi connectivity index (χ1v) is 17.2. The van der Waals surface area contributed by atoms with Crippen molar-refractivity contribution in [2.75, 3.05) is 24.7 Å². The van der Waals surface area contributed by atoms with Gasteiger partial charge >= 0.3 is 11.9 Å². The molecule has 6 rings (SSSR count). The largest absolute Gasteiger partial charge is 1.00 e. The lowest BCUT2D eigenvalue weighted by Crippen LogP contribution is -3.00. The summed E-state index contributed by atoms with van der Waals surface area (Å²) in [4.78, 5) is 27.4. The molecular formula is C43H43BrN2O4. The van der Waals surface area contributed by atoms with Crippen LogP contribution in [0.4, 0.5) is 5.69 Å². The van der Waals surface area contributed by atoms with Crippen molar-refractivity contribution < 1.29 is 40.6 Å². The number of aryl methyl sites for hydroxylation is 1. The van der Waals surface area contributed by atoms with Crippen LogP contribution >= 0.6 is 0 Å². The molecule has 0 amide bonds. The number of carbonyl (C=O) groups is 2. The highest BCUT2D eigenvalue weighted by molar-refractivity contribution is 5.97. The Morgan fingerprint density at radius 2 is 1.54 bits per heavy atom. The third-order valence-electron chi connectivity index (χ3n) is 9.10. The van der Waals surface area contributed by atoms with Crippen LogP contribution in [0.3, 0.4) is 0 Å². The van der Waals surface area contributed by atoms with Crippen LogP contribution in [0.5, 0.6) is 0 Å². The molecular weight excluding hydrogens is 688 g/mol. The molecule has 7 heteroatoms. The molecule has 0 N–H and O–H groups in total. The molecule has 0 bridgehead atoms. The van der Waals surface area contributed by atoms with E-state index in [1.165, 1.54) is 22.3 Å². The Hall–Kier alpha value is -5.01. The van der Waals surface area contributed by atoms with E-state index < -0.39 is 0 Å². The van der Waals surface area contributed by atoms with E-state index in [0.717, 1.165) is 59.2 Å². The lowest BCUT2D eigenvalue weighted by molar-refractivity contribution is -0.667.